The van der Waals surface area contributed by atoms with E-state index in [0.717, 1.165) is 25.3 Å². The normalized spacial score (nSPS) is 19.9. The molecule has 0 bridgehead atoms. The topological polar surface area (TPSA) is 45.0 Å². The van der Waals surface area contributed by atoms with E-state index in [2.05, 4.69) is 9.98 Å². The van der Waals surface area contributed by atoms with Gasteiger partial charge in [-0.25, -0.2) is 4.99 Å². The standard InChI is InChI=1S/C10H13N3O/c1-2-8(14)9-10-12-4-3-6-13(10)7-5-11-9/h5,7H,2-4,6H2,1H3. The number of aliphatic imine (C=N–C) groups is 2. The molecule has 2 rings (SSSR count). The Bertz CT molecular complexity index is 341. The van der Waals surface area contributed by atoms with E-state index in [-0.39, 0.29) is 5.78 Å². The summed E-state index contributed by atoms with van der Waals surface area (Å²) in [6, 6.07) is 0. The van der Waals surface area contributed by atoms with Crippen LogP contribution < -0.4 is 0 Å². The van der Waals surface area contributed by atoms with Crippen LogP contribution in [0.15, 0.2) is 22.4 Å². The van der Waals surface area contributed by atoms with Gasteiger partial charge in [-0.2, -0.15) is 0 Å². The average molecular weight is 191 g/mol. The Morgan fingerprint density at radius 3 is 3.29 bits per heavy atom. The van der Waals surface area contributed by atoms with Crippen molar-refractivity contribution < 1.29 is 4.79 Å². The van der Waals surface area contributed by atoms with Crippen LogP contribution in [0.3, 0.4) is 0 Å². The Hall–Kier alpha value is -1.45. The first-order valence-electron chi connectivity index (χ1n) is 4.92. The third-order valence-electron chi connectivity index (χ3n) is 2.34. The second kappa shape index (κ2) is 3.74. The number of amidine groups is 1. The molecular formula is C10H13N3O. The van der Waals surface area contributed by atoms with Gasteiger partial charge in [0.15, 0.2) is 11.6 Å². The Labute approximate surface area is 83.0 Å². The first-order chi connectivity index (χ1) is 6.83. The van der Waals surface area contributed by atoms with Gasteiger partial charge in [-0.1, -0.05) is 6.92 Å². The van der Waals surface area contributed by atoms with Crippen molar-refractivity contribution in [2.45, 2.75) is 19.8 Å². The van der Waals surface area contributed by atoms with Crippen molar-refractivity contribution in [2.75, 3.05) is 13.1 Å². The van der Waals surface area contributed by atoms with Crippen LogP contribution in [-0.2, 0) is 4.79 Å². The molecule has 0 aliphatic carbocycles. The van der Waals surface area contributed by atoms with Gasteiger partial charge < -0.3 is 4.90 Å². The molecule has 0 spiro atoms. The summed E-state index contributed by atoms with van der Waals surface area (Å²) in [6.45, 7) is 3.58. The number of rotatable bonds is 2. The SMILES string of the molecule is CCC(=O)C1=NC=CN2CCCN=C12. The second-order valence-electron chi connectivity index (χ2n) is 3.30. The van der Waals surface area contributed by atoms with Gasteiger partial charge >= 0.3 is 0 Å². The van der Waals surface area contributed by atoms with E-state index >= 15 is 0 Å². The maximum atomic E-state index is 11.5. The lowest BCUT2D eigenvalue weighted by atomic mass is 10.1. The van der Waals surface area contributed by atoms with Gasteiger partial charge in [0, 0.05) is 31.9 Å². The molecule has 0 radical (unpaired) electrons. The fourth-order valence-corrected chi connectivity index (χ4v) is 1.59. The van der Waals surface area contributed by atoms with Gasteiger partial charge in [-0.15, -0.1) is 0 Å². The highest BCUT2D eigenvalue weighted by molar-refractivity contribution is 6.67. The van der Waals surface area contributed by atoms with E-state index in [1.165, 1.54) is 0 Å². The minimum atomic E-state index is 0.0694. The Balaban J connectivity index is 2.31. The molecule has 4 heteroatoms. The van der Waals surface area contributed by atoms with Crippen molar-refractivity contribution in [3.05, 3.63) is 12.4 Å². The number of carbonyl (C=O) groups is 1. The molecule has 0 amide bonds. The molecule has 2 aliphatic heterocycles. The van der Waals surface area contributed by atoms with Crippen molar-refractivity contribution in [2.24, 2.45) is 9.98 Å². The van der Waals surface area contributed by atoms with Crippen LogP contribution in [0.2, 0.25) is 0 Å². The molecule has 0 aromatic heterocycles. The van der Waals surface area contributed by atoms with E-state index in [1.807, 2.05) is 18.0 Å². The van der Waals surface area contributed by atoms with E-state index in [4.69, 9.17) is 0 Å². The van der Waals surface area contributed by atoms with Crippen LogP contribution in [0, 0.1) is 0 Å². The molecule has 0 saturated heterocycles. The van der Waals surface area contributed by atoms with Crippen molar-refractivity contribution in [1.29, 1.82) is 0 Å². The first kappa shape index (κ1) is 9.12. The number of nitrogens with zero attached hydrogens (tertiary/aromatic N) is 3. The molecule has 4 nitrogen and oxygen atoms in total. The zero-order chi connectivity index (χ0) is 9.97. The Morgan fingerprint density at radius 2 is 2.50 bits per heavy atom. The molecule has 74 valence electrons. The van der Waals surface area contributed by atoms with Gasteiger partial charge in [0.05, 0.1) is 0 Å². The molecule has 0 unspecified atom stereocenters. The lowest BCUT2D eigenvalue weighted by Gasteiger charge is -2.27. The lowest BCUT2D eigenvalue weighted by Crippen LogP contribution is -2.41. The summed E-state index contributed by atoms with van der Waals surface area (Å²) in [5.74, 6) is 0.825. The smallest absolute Gasteiger partial charge is 0.184 e. The van der Waals surface area contributed by atoms with E-state index < -0.39 is 0 Å². The second-order valence-corrected chi connectivity index (χ2v) is 3.30. The predicted octanol–water partition coefficient (Wildman–Crippen LogP) is 0.996. The summed E-state index contributed by atoms with van der Waals surface area (Å²) >= 11 is 0. The predicted molar refractivity (Wildman–Crippen MR) is 55.5 cm³/mol. The van der Waals surface area contributed by atoms with Crippen LogP contribution in [-0.4, -0.2) is 35.3 Å². The highest BCUT2D eigenvalue weighted by atomic mass is 16.1. The summed E-state index contributed by atoms with van der Waals surface area (Å²) < 4.78 is 0. The van der Waals surface area contributed by atoms with Crippen LogP contribution >= 0.6 is 0 Å². The quantitative estimate of drug-likeness (QED) is 0.653. The third-order valence-corrected chi connectivity index (χ3v) is 2.34. The van der Waals surface area contributed by atoms with Gasteiger partial charge in [-0.3, -0.25) is 9.79 Å². The van der Waals surface area contributed by atoms with Crippen LogP contribution in [0.1, 0.15) is 19.8 Å². The molecule has 0 fully saturated rings. The van der Waals surface area contributed by atoms with E-state index in [9.17, 15) is 4.79 Å². The maximum absolute atomic E-state index is 11.5. The third kappa shape index (κ3) is 1.47. The first-order valence-corrected chi connectivity index (χ1v) is 4.92. The van der Waals surface area contributed by atoms with Crippen molar-refractivity contribution in [3.8, 4) is 0 Å². The number of fused-ring (bicyclic) bond motifs is 1. The molecule has 2 heterocycles. The average Bonchev–Trinajstić information content (AvgIpc) is 2.27. The van der Waals surface area contributed by atoms with Crippen LogP contribution in [0.5, 0.6) is 0 Å². The molecule has 14 heavy (non-hydrogen) atoms. The fourth-order valence-electron chi connectivity index (χ4n) is 1.59. The minimum absolute atomic E-state index is 0.0694. The minimum Gasteiger partial charge on any atom is -0.330 e. The Kier molecular flexibility index (Phi) is 2.43. The van der Waals surface area contributed by atoms with Crippen LogP contribution in [0.25, 0.3) is 0 Å². The fraction of sp³-hybridized carbons (Fsp3) is 0.500. The molecule has 0 saturated carbocycles. The van der Waals surface area contributed by atoms with Crippen LogP contribution in [0.4, 0.5) is 0 Å². The zero-order valence-corrected chi connectivity index (χ0v) is 8.23. The molecule has 0 atom stereocenters. The summed E-state index contributed by atoms with van der Waals surface area (Å²) in [4.78, 5) is 22.0. The van der Waals surface area contributed by atoms with E-state index in [0.29, 0.717) is 12.1 Å². The number of Topliss-reactive ketones (excluding diaryl/α,β-unsaturated/α-hetero) is 1. The Morgan fingerprint density at radius 1 is 1.64 bits per heavy atom. The highest BCUT2D eigenvalue weighted by Crippen LogP contribution is 2.10. The van der Waals surface area contributed by atoms with Gasteiger partial charge in [0.25, 0.3) is 0 Å². The van der Waals surface area contributed by atoms with E-state index in [1.54, 1.807) is 6.20 Å². The molecular weight excluding hydrogens is 178 g/mol. The monoisotopic (exact) mass is 191 g/mol. The lowest BCUT2D eigenvalue weighted by molar-refractivity contribution is -0.112. The van der Waals surface area contributed by atoms with Gasteiger partial charge in [-0.05, 0) is 6.42 Å². The van der Waals surface area contributed by atoms with Crippen molar-refractivity contribution in [3.63, 3.8) is 0 Å². The molecule has 0 aromatic carbocycles. The largest absolute Gasteiger partial charge is 0.330 e. The zero-order valence-electron chi connectivity index (χ0n) is 8.23. The van der Waals surface area contributed by atoms with Crippen molar-refractivity contribution in [1.82, 2.24) is 4.90 Å². The van der Waals surface area contributed by atoms with Gasteiger partial charge in [0.1, 0.15) is 5.71 Å². The molecule has 2 aliphatic rings. The molecule has 0 aromatic rings. The number of hydrogen-bond donors (Lipinski definition) is 0. The van der Waals surface area contributed by atoms with Gasteiger partial charge in [0.2, 0.25) is 0 Å². The van der Waals surface area contributed by atoms with Crippen molar-refractivity contribution >= 4 is 17.3 Å². The summed E-state index contributed by atoms with van der Waals surface area (Å²) in [5.41, 5.74) is 0.523. The molecule has 0 N–H and O–H groups in total. The summed E-state index contributed by atoms with van der Waals surface area (Å²) in [7, 11) is 0. The maximum Gasteiger partial charge on any atom is 0.184 e. The number of ketones is 1. The number of hydrogen-bond acceptors (Lipinski definition) is 4. The summed E-state index contributed by atoms with van der Waals surface area (Å²) in [5, 5.41) is 0. The highest BCUT2D eigenvalue weighted by Gasteiger charge is 2.24. The summed E-state index contributed by atoms with van der Waals surface area (Å²) in [6.07, 6.45) is 5.08. The number of carbonyl (C=O) groups excluding carboxylic acids is 1.